The summed E-state index contributed by atoms with van der Waals surface area (Å²) in [5, 5.41) is 2.75. The molecule has 0 aromatic heterocycles. The van der Waals surface area contributed by atoms with Gasteiger partial charge in [-0.15, -0.1) is 12.4 Å². The maximum atomic E-state index is 12.3. The van der Waals surface area contributed by atoms with Crippen molar-refractivity contribution in [2.24, 2.45) is 11.7 Å². The van der Waals surface area contributed by atoms with Gasteiger partial charge in [-0.2, -0.15) is 0 Å². The van der Waals surface area contributed by atoms with Crippen LogP contribution in [-0.4, -0.2) is 42.4 Å². The van der Waals surface area contributed by atoms with Crippen LogP contribution in [0.25, 0.3) is 0 Å². The molecular weight excluding hydrogens is 338 g/mol. The summed E-state index contributed by atoms with van der Waals surface area (Å²) in [6.07, 6.45) is 3.04. The molecule has 0 bridgehead atoms. The second-order valence-electron chi connectivity index (χ2n) is 6.87. The molecule has 1 heterocycles. The standard InChI is InChI=1S/C19H29N3O2.ClH/c1-14-3-5-16(6-4-14)7-8-18(23)21-13-19(24)22-10-9-15(2)11-17(22)12-20;/h3-6,15,17H,7-13,20H2,1-2H3,(H,21,23);1H. The second kappa shape index (κ2) is 10.4. The molecule has 1 fully saturated rings. The zero-order valence-corrected chi connectivity index (χ0v) is 16.0. The molecule has 0 aliphatic carbocycles. The van der Waals surface area contributed by atoms with Crippen molar-refractivity contribution in [2.75, 3.05) is 19.6 Å². The molecule has 1 aromatic carbocycles. The van der Waals surface area contributed by atoms with Gasteiger partial charge >= 0.3 is 0 Å². The lowest BCUT2D eigenvalue weighted by Gasteiger charge is -2.38. The van der Waals surface area contributed by atoms with Gasteiger partial charge in [-0.3, -0.25) is 9.59 Å². The van der Waals surface area contributed by atoms with Gasteiger partial charge in [0, 0.05) is 25.6 Å². The average Bonchev–Trinajstić information content (AvgIpc) is 2.59. The molecule has 0 spiro atoms. The molecule has 1 aliphatic heterocycles. The Labute approximate surface area is 156 Å². The van der Waals surface area contributed by atoms with Crippen molar-refractivity contribution in [3.63, 3.8) is 0 Å². The zero-order valence-electron chi connectivity index (χ0n) is 15.2. The van der Waals surface area contributed by atoms with Crippen LogP contribution in [0.3, 0.4) is 0 Å². The summed E-state index contributed by atoms with van der Waals surface area (Å²) in [4.78, 5) is 26.1. The van der Waals surface area contributed by atoms with Gasteiger partial charge in [0.15, 0.2) is 0 Å². The molecule has 1 saturated heterocycles. The van der Waals surface area contributed by atoms with Gasteiger partial charge in [0.1, 0.15) is 0 Å². The summed E-state index contributed by atoms with van der Waals surface area (Å²) in [6, 6.07) is 8.26. The van der Waals surface area contributed by atoms with Crippen LogP contribution in [-0.2, 0) is 16.0 Å². The SMILES string of the molecule is Cc1ccc(CCC(=O)NCC(=O)N2CCC(C)CC2CN)cc1.Cl. The first kappa shape index (κ1) is 21.5. The van der Waals surface area contributed by atoms with Crippen molar-refractivity contribution >= 4 is 24.2 Å². The quantitative estimate of drug-likeness (QED) is 0.808. The summed E-state index contributed by atoms with van der Waals surface area (Å²) in [5.74, 6) is 0.492. The first-order chi connectivity index (χ1) is 11.5. The fourth-order valence-electron chi connectivity index (χ4n) is 3.18. The first-order valence-electron chi connectivity index (χ1n) is 8.81. The summed E-state index contributed by atoms with van der Waals surface area (Å²) in [6.45, 7) is 5.52. The van der Waals surface area contributed by atoms with E-state index in [1.165, 1.54) is 5.56 Å². The minimum Gasteiger partial charge on any atom is -0.347 e. The highest BCUT2D eigenvalue weighted by molar-refractivity contribution is 5.85. The van der Waals surface area contributed by atoms with E-state index in [9.17, 15) is 9.59 Å². The largest absolute Gasteiger partial charge is 0.347 e. The Kier molecular flexibility index (Phi) is 8.93. The number of hydrogen-bond donors (Lipinski definition) is 2. The van der Waals surface area contributed by atoms with Crippen molar-refractivity contribution in [3.05, 3.63) is 35.4 Å². The highest BCUT2D eigenvalue weighted by atomic mass is 35.5. The van der Waals surface area contributed by atoms with E-state index in [1.807, 2.05) is 36.1 Å². The molecule has 25 heavy (non-hydrogen) atoms. The molecule has 3 N–H and O–H groups in total. The summed E-state index contributed by atoms with van der Waals surface area (Å²) >= 11 is 0. The highest BCUT2D eigenvalue weighted by Gasteiger charge is 2.28. The number of nitrogens with zero attached hydrogens (tertiary/aromatic N) is 1. The molecule has 0 radical (unpaired) electrons. The van der Waals surface area contributed by atoms with E-state index >= 15 is 0 Å². The third-order valence-electron chi connectivity index (χ3n) is 4.77. The van der Waals surface area contributed by atoms with E-state index in [-0.39, 0.29) is 36.8 Å². The topological polar surface area (TPSA) is 75.4 Å². The van der Waals surface area contributed by atoms with Gasteiger partial charge in [-0.05, 0) is 37.7 Å². The van der Waals surface area contributed by atoms with Crippen molar-refractivity contribution in [3.8, 4) is 0 Å². The lowest BCUT2D eigenvalue weighted by Crippen LogP contribution is -2.52. The Hall–Kier alpha value is -1.59. The third kappa shape index (κ3) is 6.67. The average molecular weight is 368 g/mol. The van der Waals surface area contributed by atoms with Crippen molar-refractivity contribution in [1.82, 2.24) is 10.2 Å². The number of likely N-dealkylation sites (tertiary alicyclic amines) is 1. The number of amides is 2. The van der Waals surface area contributed by atoms with Crippen LogP contribution in [0.2, 0.25) is 0 Å². The number of aryl methyl sites for hydroxylation is 2. The molecule has 2 unspecified atom stereocenters. The number of rotatable bonds is 6. The van der Waals surface area contributed by atoms with Crippen molar-refractivity contribution in [1.29, 1.82) is 0 Å². The Bertz CT molecular complexity index is 562. The summed E-state index contributed by atoms with van der Waals surface area (Å²) in [5.41, 5.74) is 8.13. The molecular formula is C19H30ClN3O2. The van der Waals surface area contributed by atoms with Crippen LogP contribution >= 0.6 is 12.4 Å². The minimum absolute atomic E-state index is 0. The maximum absolute atomic E-state index is 12.3. The van der Waals surface area contributed by atoms with Gasteiger partial charge in [0.2, 0.25) is 11.8 Å². The normalized spacial score (nSPS) is 19.9. The van der Waals surface area contributed by atoms with E-state index in [0.29, 0.717) is 25.3 Å². The monoisotopic (exact) mass is 367 g/mol. The maximum Gasteiger partial charge on any atom is 0.242 e. The lowest BCUT2D eigenvalue weighted by molar-refractivity contribution is -0.136. The van der Waals surface area contributed by atoms with Crippen LogP contribution in [0, 0.1) is 12.8 Å². The van der Waals surface area contributed by atoms with Crippen LogP contribution in [0.15, 0.2) is 24.3 Å². The van der Waals surface area contributed by atoms with E-state index in [2.05, 4.69) is 12.2 Å². The van der Waals surface area contributed by atoms with Gasteiger partial charge in [-0.1, -0.05) is 36.8 Å². The van der Waals surface area contributed by atoms with Gasteiger partial charge in [0.05, 0.1) is 6.54 Å². The van der Waals surface area contributed by atoms with E-state index in [4.69, 9.17) is 5.73 Å². The number of carbonyl (C=O) groups excluding carboxylic acids is 2. The summed E-state index contributed by atoms with van der Waals surface area (Å²) in [7, 11) is 0. The molecule has 1 aliphatic rings. The fourth-order valence-corrected chi connectivity index (χ4v) is 3.18. The molecule has 6 heteroatoms. The highest BCUT2D eigenvalue weighted by Crippen LogP contribution is 2.21. The van der Waals surface area contributed by atoms with E-state index < -0.39 is 0 Å². The van der Waals surface area contributed by atoms with Gasteiger partial charge < -0.3 is 16.0 Å². The predicted octanol–water partition coefficient (Wildman–Crippen LogP) is 2.05. The predicted molar refractivity (Wildman–Crippen MR) is 103 cm³/mol. The van der Waals surface area contributed by atoms with E-state index in [1.54, 1.807) is 0 Å². The summed E-state index contributed by atoms with van der Waals surface area (Å²) < 4.78 is 0. The number of hydrogen-bond acceptors (Lipinski definition) is 3. The van der Waals surface area contributed by atoms with Crippen LogP contribution in [0.5, 0.6) is 0 Å². The van der Waals surface area contributed by atoms with Crippen LogP contribution < -0.4 is 11.1 Å². The van der Waals surface area contributed by atoms with E-state index in [0.717, 1.165) is 24.9 Å². The molecule has 2 rings (SSSR count). The second-order valence-corrected chi connectivity index (χ2v) is 6.87. The number of nitrogens with two attached hydrogens (primary N) is 1. The van der Waals surface area contributed by atoms with Crippen molar-refractivity contribution < 1.29 is 9.59 Å². The fraction of sp³-hybridized carbons (Fsp3) is 0.579. The van der Waals surface area contributed by atoms with Crippen molar-refractivity contribution in [2.45, 2.75) is 45.6 Å². The Balaban J connectivity index is 0.00000312. The Morgan fingerprint density at radius 1 is 1.28 bits per heavy atom. The molecule has 140 valence electrons. The van der Waals surface area contributed by atoms with Crippen LogP contribution in [0.4, 0.5) is 0 Å². The van der Waals surface area contributed by atoms with Gasteiger partial charge in [0.25, 0.3) is 0 Å². The number of piperidine rings is 1. The first-order valence-corrected chi connectivity index (χ1v) is 8.81. The molecule has 2 amide bonds. The van der Waals surface area contributed by atoms with Gasteiger partial charge in [-0.25, -0.2) is 0 Å². The smallest absolute Gasteiger partial charge is 0.242 e. The number of halogens is 1. The van der Waals surface area contributed by atoms with Crippen LogP contribution in [0.1, 0.15) is 37.3 Å². The Morgan fingerprint density at radius 2 is 1.96 bits per heavy atom. The number of carbonyl (C=O) groups is 2. The minimum atomic E-state index is -0.0846. The Morgan fingerprint density at radius 3 is 2.60 bits per heavy atom. The molecule has 1 aromatic rings. The number of benzene rings is 1. The third-order valence-corrected chi connectivity index (χ3v) is 4.77. The molecule has 5 nitrogen and oxygen atoms in total. The number of nitrogens with one attached hydrogen (secondary N) is 1. The molecule has 0 saturated carbocycles. The zero-order chi connectivity index (χ0) is 17.5. The molecule has 2 atom stereocenters. The lowest BCUT2D eigenvalue weighted by atomic mass is 9.92.